The fourth-order valence-electron chi connectivity index (χ4n) is 0.553. The van der Waals surface area contributed by atoms with Gasteiger partial charge in [-0.15, -0.1) is 0 Å². The molecule has 0 spiro atoms. The van der Waals surface area contributed by atoms with Crippen molar-refractivity contribution >= 4 is 0 Å². The second kappa shape index (κ2) is 2.16. The van der Waals surface area contributed by atoms with Crippen LogP contribution in [-0.4, -0.2) is 19.8 Å². The molecular formula is C4H9N2. The third-order valence-electron chi connectivity index (χ3n) is 0.893. The summed E-state index contributed by atoms with van der Waals surface area (Å²) in [6, 6.07) is 0. The Morgan fingerprint density at radius 1 is 1.50 bits per heavy atom. The Balaban J connectivity index is 2.00. The van der Waals surface area contributed by atoms with Gasteiger partial charge >= 0.3 is 0 Å². The van der Waals surface area contributed by atoms with Crippen molar-refractivity contribution in [3.05, 3.63) is 0 Å². The van der Waals surface area contributed by atoms with Gasteiger partial charge in [-0.2, -0.15) is 0 Å². The fourth-order valence-corrected chi connectivity index (χ4v) is 0.553. The number of nitrogens with one attached hydrogen (secondary N) is 1. The van der Waals surface area contributed by atoms with Gasteiger partial charge in [0.1, 0.15) is 0 Å². The maximum Gasteiger partial charge on any atom is 0.0623 e. The van der Waals surface area contributed by atoms with Crippen LogP contribution in [0.3, 0.4) is 0 Å². The van der Waals surface area contributed by atoms with E-state index in [1.54, 1.807) is 0 Å². The second-order valence-electron chi connectivity index (χ2n) is 1.46. The first-order valence-corrected chi connectivity index (χ1v) is 2.34. The molecule has 0 aromatic rings. The zero-order valence-corrected chi connectivity index (χ0v) is 3.78. The Morgan fingerprint density at radius 2 is 2.50 bits per heavy atom. The third kappa shape index (κ3) is 0.954. The summed E-state index contributed by atoms with van der Waals surface area (Å²) in [5.41, 5.74) is 0. The highest BCUT2D eigenvalue weighted by Crippen LogP contribution is 1.77. The maximum absolute atomic E-state index is 4.07. The summed E-state index contributed by atoms with van der Waals surface area (Å²) in [6.07, 6.45) is 1.22. The lowest BCUT2D eigenvalue weighted by atomic mass is 10.4. The first-order chi connectivity index (χ1) is 3.00. The number of nitrogens with zero attached hydrogens (tertiary/aromatic N) is 1. The van der Waals surface area contributed by atoms with Gasteiger partial charge in [0.2, 0.25) is 0 Å². The Hall–Kier alpha value is -0.0800. The molecule has 0 unspecified atom stereocenters. The van der Waals surface area contributed by atoms with Crippen LogP contribution in [0.1, 0.15) is 6.42 Å². The van der Waals surface area contributed by atoms with E-state index in [9.17, 15) is 0 Å². The van der Waals surface area contributed by atoms with Crippen molar-refractivity contribution in [1.82, 2.24) is 10.6 Å². The normalized spacial score (nSPS) is 24.0. The summed E-state index contributed by atoms with van der Waals surface area (Å²) in [5, 5.41) is 7.18. The van der Waals surface area contributed by atoms with E-state index in [2.05, 4.69) is 10.6 Å². The molecule has 1 fully saturated rings. The van der Waals surface area contributed by atoms with Gasteiger partial charge in [-0.3, -0.25) is 0 Å². The lowest BCUT2D eigenvalue weighted by Crippen LogP contribution is -2.32. The SMILES string of the molecule is C1C[N]CNC1. The summed E-state index contributed by atoms with van der Waals surface area (Å²) >= 11 is 0. The second-order valence-corrected chi connectivity index (χ2v) is 1.46. The third-order valence-corrected chi connectivity index (χ3v) is 0.893. The summed E-state index contributed by atoms with van der Waals surface area (Å²) < 4.78 is 0. The van der Waals surface area contributed by atoms with E-state index in [0.29, 0.717) is 0 Å². The van der Waals surface area contributed by atoms with E-state index < -0.39 is 0 Å². The molecule has 1 radical (unpaired) electrons. The molecule has 1 aliphatic heterocycles. The molecule has 1 heterocycles. The molecule has 1 N–H and O–H groups in total. The molecule has 35 valence electrons. The van der Waals surface area contributed by atoms with Crippen LogP contribution in [0.25, 0.3) is 0 Å². The van der Waals surface area contributed by atoms with E-state index in [4.69, 9.17) is 0 Å². The van der Waals surface area contributed by atoms with Crippen molar-refractivity contribution in [1.29, 1.82) is 0 Å². The lowest BCUT2D eigenvalue weighted by molar-refractivity contribution is 0.487. The summed E-state index contributed by atoms with van der Waals surface area (Å²) in [6.45, 7) is 3.09. The van der Waals surface area contributed by atoms with Crippen molar-refractivity contribution in [2.24, 2.45) is 0 Å². The average molecular weight is 85.1 g/mol. The van der Waals surface area contributed by atoms with E-state index in [-0.39, 0.29) is 0 Å². The van der Waals surface area contributed by atoms with E-state index in [1.165, 1.54) is 6.42 Å². The highest BCUT2D eigenvalue weighted by atomic mass is 15.1. The molecule has 0 aromatic carbocycles. The average Bonchev–Trinajstić information content (AvgIpc) is 1.72. The summed E-state index contributed by atoms with van der Waals surface area (Å²) in [4.78, 5) is 0. The highest BCUT2D eigenvalue weighted by molar-refractivity contribution is 4.54. The topological polar surface area (TPSA) is 26.1 Å². The molecule has 0 amide bonds. The van der Waals surface area contributed by atoms with Gasteiger partial charge in [-0.1, -0.05) is 0 Å². The van der Waals surface area contributed by atoms with Gasteiger partial charge in [0.05, 0.1) is 6.67 Å². The van der Waals surface area contributed by atoms with Crippen LogP contribution in [-0.2, 0) is 0 Å². The largest absolute Gasteiger partial charge is 0.303 e. The van der Waals surface area contributed by atoms with Gasteiger partial charge in [0.25, 0.3) is 0 Å². The van der Waals surface area contributed by atoms with Crippen molar-refractivity contribution in [2.75, 3.05) is 19.8 Å². The van der Waals surface area contributed by atoms with Crippen LogP contribution in [0.5, 0.6) is 0 Å². The van der Waals surface area contributed by atoms with Gasteiger partial charge < -0.3 is 5.32 Å². The van der Waals surface area contributed by atoms with Crippen LogP contribution in [0.15, 0.2) is 0 Å². The Bertz CT molecular complexity index is 21.0. The monoisotopic (exact) mass is 85.1 g/mol. The highest BCUT2D eigenvalue weighted by Gasteiger charge is 1.93. The van der Waals surface area contributed by atoms with Gasteiger partial charge in [-0.05, 0) is 13.0 Å². The minimum absolute atomic E-state index is 0.875. The van der Waals surface area contributed by atoms with Gasteiger partial charge in [0.15, 0.2) is 0 Å². The van der Waals surface area contributed by atoms with Crippen molar-refractivity contribution in [3.63, 3.8) is 0 Å². The van der Waals surface area contributed by atoms with Crippen molar-refractivity contribution in [3.8, 4) is 0 Å². The van der Waals surface area contributed by atoms with Crippen molar-refractivity contribution in [2.45, 2.75) is 6.42 Å². The van der Waals surface area contributed by atoms with Gasteiger partial charge in [-0.25, -0.2) is 5.32 Å². The molecule has 2 heteroatoms. The number of hydrogen-bond acceptors (Lipinski definition) is 1. The number of hydrogen-bond donors (Lipinski definition) is 1. The molecule has 0 aliphatic carbocycles. The summed E-state index contributed by atoms with van der Waals surface area (Å²) in [7, 11) is 0. The smallest absolute Gasteiger partial charge is 0.0623 e. The van der Waals surface area contributed by atoms with Crippen LogP contribution in [0.4, 0.5) is 0 Å². The lowest BCUT2D eigenvalue weighted by Gasteiger charge is -2.09. The first-order valence-electron chi connectivity index (χ1n) is 2.34. The number of rotatable bonds is 0. The van der Waals surface area contributed by atoms with Crippen molar-refractivity contribution < 1.29 is 0 Å². The maximum atomic E-state index is 4.07. The molecule has 0 atom stereocenters. The van der Waals surface area contributed by atoms with Crippen LogP contribution in [0.2, 0.25) is 0 Å². The molecular weight excluding hydrogens is 76.1 g/mol. The summed E-state index contributed by atoms with van der Waals surface area (Å²) in [5.74, 6) is 0. The molecule has 0 saturated carbocycles. The quantitative estimate of drug-likeness (QED) is 0.423. The Labute approximate surface area is 37.9 Å². The minimum Gasteiger partial charge on any atom is -0.303 e. The predicted octanol–water partition coefficient (Wildman–Crippen LogP) is -0.458. The van der Waals surface area contributed by atoms with E-state index in [0.717, 1.165) is 19.8 Å². The predicted molar refractivity (Wildman–Crippen MR) is 24.5 cm³/mol. The molecule has 1 rings (SSSR count). The van der Waals surface area contributed by atoms with Crippen LogP contribution in [0, 0.1) is 0 Å². The molecule has 0 aromatic heterocycles. The van der Waals surface area contributed by atoms with E-state index >= 15 is 0 Å². The van der Waals surface area contributed by atoms with Crippen LogP contribution < -0.4 is 10.6 Å². The Morgan fingerprint density at radius 3 is 2.67 bits per heavy atom. The standard InChI is InChI=1S/C4H9N2/c1-2-5-4-6-3-1/h5H,1-4H2. The zero-order valence-electron chi connectivity index (χ0n) is 3.78. The molecule has 0 bridgehead atoms. The molecule has 1 aliphatic rings. The fraction of sp³-hybridized carbons (Fsp3) is 1.00. The molecule has 6 heavy (non-hydrogen) atoms. The van der Waals surface area contributed by atoms with E-state index in [1.807, 2.05) is 0 Å². The molecule has 2 nitrogen and oxygen atoms in total. The minimum atomic E-state index is 0.875. The first kappa shape index (κ1) is 4.09. The molecule has 1 saturated heterocycles. The van der Waals surface area contributed by atoms with Crippen LogP contribution >= 0.6 is 0 Å². The van der Waals surface area contributed by atoms with Gasteiger partial charge in [0, 0.05) is 6.54 Å². The Kier molecular flexibility index (Phi) is 1.47. The zero-order chi connectivity index (χ0) is 4.24.